The average Bonchev–Trinajstić information content (AvgIpc) is 2.18. The number of pyridine rings is 1. The molecule has 0 aliphatic carbocycles. The van der Waals surface area contributed by atoms with Crippen LogP contribution < -0.4 is 10.5 Å². The number of alkyl halides is 3. The summed E-state index contributed by atoms with van der Waals surface area (Å²) in [5.41, 5.74) is 3.87. The van der Waals surface area contributed by atoms with Crippen molar-refractivity contribution in [1.82, 2.24) is 4.98 Å². The molecule has 3 N–H and O–H groups in total. The highest BCUT2D eigenvalue weighted by molar-refractivity contribution is 5.58. The summed E-state index contributed by atoms with van der Waals surface area (Å²) in [7, 11) is 0. The molecule has 0 aliphatic heterocycles. The number of nitrogen functional groups attached to an aromatic ring is 1. The van der Waals surface area contributed by atoms with Crippen molar-refractivity contribution in [2.75, 3.05) is 5.73 Å². The normalized spacial score (nSPS) is 11.3. The monoisotopic (exact) mass is 253 g/mol. The summed E-state index contributed by atoms with van der Waals surface area (Å²) < 4.78 is 39.4. The molecule has 0 aliphatic rings. The zero-order chi connectivity index (χ0) is 13.2. The van der Waals surface area contributed by atoms with Gasteiger partial charge in [0.25, 0.3) is 0 Å². The molecule has 0 spiro atoms. The van der Waals surface area contributed by atoms with Crippen LogP contribution in [0.15, 0.2) is 6.07 Å². The van der Waals surface area contributed by atoms with Crippen LogP contribution in [0.2, 0.25) is 0 Å². The Morgan fingerprint density at radius 3 is 2.59 bits per heavy atom. The molecule has 10 heteroatoms. The van der Waals surface area contributed by atoms with E-state index in [0.717, 1.165) is 0 Å². The van der Waals surface area contributed by atoms with Crippen LogP contribution >= 0.6 is 0 Å². The van der Waals surface area contributed by atoms with Gasteiger partial charge in [0.2, 0.25) is 11.4 Å². The van der Waals surface area contributed by atoms with E-state index in [-0.39, 0.29) is 0 Å². The van der Waals surface area contributed by atoms with Gasteiger partial charge in [-0.05, 0) is 9.91 Å². The SMILES string of the molecule is Nc1cc([N+](=O)[O-])nc(CO)c1OC(F)(F)F. The van der Waals surface area contributed by atoms with Crippen LogP contribution in [0, 0.1) is 10.1 Å². The molecule has 0 atom stereocenters. The topological polar surface area (TPSA) is 112 Å². The number of ether oxygens (including phenoxy) is 1. The second-order valence-electron chi connectivity index (χ2n) is 2.81. The highest BCUT2D eigenvalue weighted by Crippen LogP contribution is 2.33. The number of aliphatic hydroxyl groups is 1. The van der Waals surface area contributed by atoms with E-state index >= 15 is 0 Å². The van der Waals surface area contributed by atoms with Crippen molar-refractivity contribution in [3.8, 4) is 5.75 Å². The molecular weight excluding hydrogens is 247 g/mol. The van der Waals surface area contributed by atoms with E-state index in [0.29, 0.717) is 6.07 Å². The van der Waals surface area contributed by atoms with Gasteiger partial charge in [0.1, 0.15) is 6.61 Å². The first-order chi connectivity index (χ1) is 7.74. The van der Waals surface area contributed by atoms with Crippen molar-refractivity contribution in [3.05, 3.63) is 21.9 Å². The van der Waals surface area contributed by atoms with Crippen LogP contribution in [0.5, 0.6) is 5.75 Å². The minimum absolute atomic E-state index is 0.611. The molecular formula is C7H6F3N3O4. The summed E-state index contributed by atoms with van der Waals surface area (Å²) in [6.07, 6.45) is -5.03. The van der Waals surface area contributed by atoms with Crippen molar-refractivity contribution < 1.29 is 27.9 Å². The zero-order valence-electron chi connectivity index (χ0n) is 8.06. The maximum absolute atomic E-state index is 12.0. The van der Waals surface area contributed by atoms with Gasteiger partial charge in [0, 0.05) is 0 Å². The number of nitrogens with zero attached hydrogens (tertiary/aromatic N) is 2. The molecule has 0 amide bonds. The van der Waals surface area contributed by atoms with Gasteiger partial charge in [-0.15, -0.1) is 13.2 Å². The average molecular weight is 253 g/mol. The van der Waals surface area contributed by atoms with Gasteiger partial charge in [0.05, 0.1) is 11.8 Å². The Morgan fingerprint density at radius 2 is 2.18 bits per heavy atom. The number of hydrogen-bond acceptors (Lipinski definition) is 6. The number of nitrogens with two attached hydrogens (primary N) is 1. The molecule has 1 heterocycles. The third kappa shape index (κ3) is 3.17. The number of halogens is 3. The molecule has 17 heavy (non-hydrogen) atoms. The predicted octanol–water partition coefficient (Wildman–Crippen LogP) is 0.963. The Labute approximate surface area is 91.8 Å². The van der Waals surface area contributed by atoms with Crippen molar-refractivity contribution in [3.63, 3.8) is 0 Å². The number of anilines is 1. The lowest BCUT2D eigenvalue weighted by atomic mass is 10.3. The lowest BCUT2D eigenvalue weighted by molar-refractivity contribution is -0.389. The molecule has 0 aromatic carbocycles. The standard InChI is InChI=1S/C7H6F3N3O4/c8-7(9,10)17-6-3(11)1-5(13(15)16)12-4(6)2-14/h1,14H,2H2,(H2,11,12). The van der Waals surface area contributed by atoms with Crippen molar-refractivity contribution >= 4 is 11.5 Å². The summed E-state index contributed by atoms with van der Waals surface area (Å²) in [4.78, 5) is 12.6. The Bertz CT molecular complexity index is 449. The number of aromatic nitrogens is 1. The predicted molar refractivity (Wildman–Crippen MR) is 47.9 cm³/mol. The number of nitro groups is 1. The Kier molecular flexibility index (Phi) is 3.36. The zero-order valence-corrected chi connectivity index (χ0v) is 8.06. The van der Waals surface area contributed by atoms with Crippen LogP contribution in [-0.2, 0) is 6.61 Å². The van der Waals surface area contributed by atoms with Crippen LogP contribution in [0.4, 0.5) is 24.7 Å². The molecule has 1 rings (SSSR count). The Balaban J connectivity index is 3.26. The number of hydrogen-bond donors (Lipinski definition) is 2. The Morgan fingerprint density at radius 1 is 1.59 bits per heavy atom. The summed E-state index contributed by atoms with van der Waals surface area (Å²) in [6, 6.07) is 0.611. The molecule has 0 saturated carbocycles. The van der Waals surface area contributed by atoms with E-state index in [1.807, 2.05) is 0 Å². The van der Waals surface area contributed by atoms with Gasteiger partial charge in [-0.2, -0.15) is 0 Å². The van der Waals surface area contributed by atoms with Gasteiger partial charge in [-0.3, -0.25) is 0 Å². The van der Waals surface area contributed by atoms with Crippen LogP contribution in [0.3, 0.4) is 0 Å². The highest BCUT2D eigenvalue weighted by atomic mass is 19.4. The minimum Gasteiger partial charge on any atom is -0.399 e. The van der Waals surface area contributed by atoms with Crippen molar-refractivity contribution in [2.24, 2.45) is 0 Å². The van der Waals surface area contributed by atoms with E-state index in [1.165, 1.54) is 0 Å². The van der Waals surface area contributed by atoms with Crippen LogP contribution in [0.1, 0.15) is 5.69 Å². The van der Waals surface area contributed by atoms with E-state index in [2.05, 4.69) is 9.72 Å². The lowest BCUT2D eigenvalue weighted by Crippen LogP contribution is -2.20. The molecule has 1 aromatic rings. The molecule has 0 fully saturated rings. The number of aliphatic hydroxyl groups excluding tert-OH is 1. The maximum atomic E-state index is 12.0. The van der Waals surface area contributed by atoms with Gasteiger partial charge < -0.3 is 25.7 Å². The third-order valence-corrected chi connectivity index (χ3v) is 1.61. The molecule has 0 unspecified atom stereocenters. The van der Waals surface area contributed by atoms with Crippen LogP contribution in [-0.4, -0.2) is 21.4 Å². The minimum atomic E-state index is -5.03. The van der Waals surface area contributed by atoms with Crippen LogP contribution in [0.25, 0.3) is 0 Å². The molecule has 94 valence electrons. The van der Waals surface area contributed by atoms with E-state index in [9.17, 15) is 23.3 Å². The van der Waals surface area contributed by atoms with E-state index in [1.54, 1.807) is 0 Å². The Hall–Kier alpha value is -2.10. The quantitative estimate of drug-likeness (QED) is 0.613. The maximum Gasteiger partial charge on any atom is 0.573 e. The summed E-state index contributed by atoms with van der Waals surface area (Å²) in [5, 5.41) is 19.1. The molecule has 7 nitrogen and oxygen atoms in total. The van der Waals surface area contributed by atoms with Gasteiger partial charge in [0.15, 0.2) is 0 Å². The summed E-state index contributed by atoms with van der Waals surface area (Å²) in [5.74, 6) is -1.72. The first-order valence-corrected chi connectivity index (χ1v) is 4.05. The third-order valence-electron chi connectivity index (χ3n) is 1.61. The molecule has 0 radical (unpaired) electrons. The second-order valence-corrected chi connectivity index (χ2v) is 2.81. The fourth-order valence-electron chi connectivity index (χ4n) is 1.03. The lowest BCUT2D eigenvalue weighted by Gasteiger charge is -2.11. The molecule has 0 bridgehead atoms. The first kappa shape index (κ1) is 13.0. The highest BCUT2D eigenvalue weighted by Gasteiger charge is 2.35. The fourth-order valence-corrected chi connectivity index (χ4v) is 1.03. The fraction of sp³-hybridized carbons (Fsp3) is 0.286. The molecule has 1 aromatic heterocycles. The number of rotatable bonds is 3. The smallest absolute Gasteiger partial charge is 0.399 e. The van der Waals surface area contributed by atoms with Gasteiger partial charge >= 0.3 is 12.2 Å². The first-order valence-electron chi connectivity index (χ1n) is 4.05. The van der Waals surface area contributed by atoms with Crippen molar-refractivity contribution in [1.29, 1.82) is 0 Å². The van der Waals surface area contributed by atoms with Gasteiger partial charge in [-0.1, -0.05) is 0 Å². The second kappa shape index (κ2) is 4.41. The largest absolute Gasteiger partial charge is 0.573 e. The van der Waals surface area contributed by atoms with Gasteiger partial charge in [-0.25, -0.2) is 0 Å². The van der Waals surface area contributed by atoms with Crippen molar-refractivity contribution in [2.45, 2.75) is 13.0 Å². The van der Waals surface area contributed by atoms with E-state index in [4.69, 9.17) is 10.8 Å². The summed E-state index contributed by atoms with van der Waals surface area (Å²) in [6.45, 7) is -0.975. The van der Waals surface area contributed by atoms with E-state index < -0.39 is 40.8 Å². The molecule has 0 saturated heterocycles. The summed E-state index contributed by atoms with van der Waals surface area (Å²) >= 11 is 0.